The molecule has 0 aliphatic heterocycles. The molecule has 0 saturated carbocycles. The van der Waals surface area contributed by atoms with Crippen molar-refractivity contribution < 1.29 is 0 Å². The van der Waals surface area contributed by atoms with Gasteiger partial charge in [0, 0.05) is 0 Å². The maximum Gasteiger partial charge on any atom is 0.0698 e. The number of hydrogen-bond acceptors (Lipinski definition) is 0. The summed E-state index contributed by atoms with van der Waals surface area (Å²) in [5.41, 5.74) is 0. The van der Waals surface area contributed by atoms with Gasteiger partial charge in [0.25, 0.3) is 0 Å². The molecule has 0 aromatic heterocycles. The third kappa shape index (κ3) is 1.53. The van der Waals surface area contributed by atoms with Crippen LogP contribution in [0.3, 0.4) is 0 Å². The van der Waals surface area contributed by atoms with E-state index in [4.69, 9.17) is 23.2 Å². The Kier molecular flexibility index (Phi) is 1.98. The molecule has 0 aromatic carbocycles. The first kappa shape index (κ1) is 6.18. The molecule has 0 fully saturated rings. The molecular formula is C6H6Cl2. The summed E-state index contributed by atoms with van der Waals surface area (Å²) in [5.74, 6) is 0. The van der Waals surface area contributed by atoms with Gasteiger partial charge in [-0.1, -0.05) is 24.3 Å². The molecule has 0 N–H and O–H groups in total. The van der Waals surface area contributed by atoms with Crippen LogP contribution in [0.2, 0.25) is 0 Å². The van der Waals surface area contributed by atoms with Gasteiger partial charge in [-0.25, -0.2) is 0 Å². The third-order valence-electron chi connectivity index (χ3n) is 0.958. The highest BCUT2D eigenvalue weighted by Gasteiger charge is 2.01. The van der Waals surface area contributed by atoms with Gasteiger partial charge in [-0.3, -0.25) is 0 Å². The minimum absolute atomic E-state index is 0.0463. The number of rotatable bonds is 0. The largest absolute Gasteiger partial charge is 0.114 e. The van der Waals surface area contributed by atoms with Crippen molar-refractivity contribution in [2.45, 2.75) is 10.8 Å². The van der Waals surface area contributed by atoms with E-state index in [1.165, 1.54) is 0 Å². The van der Waals surface area contributed by atoms with E-state index < -0.39 is 0 Å². The summed E-state index contributed by atoms with van der Waals surface area (Å²) >= 11 is 11.3. The van der Waals surface area contributed by atoms with Crippen molar-refractivity contribution in [2.24, 2.45) is 0 Å². The second-order valence-corrected chi connectivity index (χ2v) is 2.67. The van der Waals surface area contributed by atoms with Gasteiger partial charge in [-0.05, 0) is 0 Å². The predicted octanol–water partition coefficient (Wildman–Crippen LogP) is 2.33. The van der Waals surface area contributed by atoms with Gasteiger partial charge >= 0.3 is 0 Å². The maximum atomic E-state index is 5.65. The molecular weight excluding hydrogens is 143 g/mol. The molecule has 8 heavy (non-hydrogen) atoms. The Balaban J connectivity index is 2.54. The van der Waals surface area contributed by atoms with Crippen LogP contribution in [0.1, 0.15) is 0 Å². The van der Waals surface area contributed by atoms with Gasteiger partial charge in [0.1, 0.15) is 0 Å². The summed E-state index contributed by atoms with van der Waals surface area (Å²) in [6.07, 6.45) is 7.50. The molecule has 2 heteroatoms. The van der Waals surface area contributed by atoms with E-state index in [0.717, 1.165) is 0 Å². The van der Waals surface area contributed by atoms with Crippen molar-refractivity contribution >= 4 is 23.2 Å². The SMILES string of the molecule is ClC1C=CC(Cl)C=C1. The molecule has 0 saturated heterocycles. The van der Waals surface area contributed by atoms with Crippen molar-refractivity contribution in [3.63, 3.8) is 0 Å². The molecule has 0 aromatic rings. The Morgan fingerprint density at radius 3 is 1.25 bits per heavy atom. The van der Waals surface area contributed by atoms with Crippen LogP contribution in [-0.4, -0.2) is 10.8 Å². The molecule has 0 radical (unpaired) electrons. The van der Waals surface area contributed by atoms with Crippen molar-refractivity contribution in [2.75, 3.05) is 0 Å². The quantitative estimate of drug-likeness (QED) is 0.366. The predicted molar refractivity (Wildman–Crippen MR) is 37.6 cm³/mol. The summed E-state index contributed by atoms with van der Waals surface area (Å²) in [6, 6.07) is 0. The molecule has 1 rings (SSSR count). The average Bonchev–Trinajstić information content (AvgIpc) is 1.77. The van der Waals surface area contributed by atoms with Gasteiger partial charge in [-0.2, -0.15) is 0 Å². The highest BCUT2D eigenvalue weighted by atomic mass is 35.5. The van der Waals surface area contributed by atoms with Gasteiger partial charge in [0.15, 0.2) is 0 Å². The topological polar surface area (TPSA) is 0 Å². The van der Waals surface area contributed by atoms with E-state index in [9.17, 15) is 0 Å². The monoisotopic (exact) mass is 148 g/mol. The maximum absolute atomic E-state index is 5.65. The van der Waals surface area contributed by atoms with E-state index >= 15 is 0 Å². The highest BCUT2D eigenvalue weighted by Crippen LogP contribution is 2.11. The van der Waals surface area contributed by atoms with E-state index in [1.807, 2.05) is 24.3 Å². The summed E-state index contributed by atoms with van der Waals surface area (Å²) < 4.78 is 0. The molecule has 1 aliphatic rings. The van der Waals surface area contributed by atoms with Crippen molar-refractivity contribution in [3.8, 4) is 0 Å². The Hall–Kier alpha value is 0.0600. The highest BCUT2D eigenvalue weighted by molar-refractivity contribution is 6.25. The molecule has 0 nitrogen and oxygen atoms in total. The van der Waals surface area contributed by atoms with Crippen LogP contribution in [0.5, 0.6) is 0 Å². The van der Waals surface area contributed by atoms with E-state index in [2.05, 4.69) is 0 Å². The van der Waals surface area contributed by atoms with Crippen molar-refractivity contribution in [3.05, 3.63) is 24.3 Å². The Morgan fingerprint density at radius 1 is 0.750 bits per heavy atom. The fourth-order valence-corrected chi connectivity index (χ4v) is 0.889. The summed E-state index contributed by atoms with van der Waals surface area (Å²) in [4.78, 5) is 0. The molecule has 0 bridgehead atoms. The van der Waals surface area contributed by atoms with Crippen LogP contribution in [0, 0.1) is 0 Å². The van der Waals surface area contributed by atoms with Gasteiger partial charge in [0.05, 0.1) is 10.8 Å². The van der Waals surface area contributed by atoms with Crippen molar-refractivity contribution in [1.82, 2.24) is 0 Å². The lowest BCUT2D eigenvalue weighted by atomic mass is 10.2. The van der Waals surface area contributed by atoms with E-state index in [1.54, 1.807) is 0 Å². The number of alkyl halides is 2. The number of halogens is 2. The lowest BCUT2D eigenvalue weighted by molar-refractivity contribution is 1.24. The summed E-state index contributed by atoms with van der Waals surface area (Å²) in [6.45, 7) is 0. The van der Waals surface area contributed by atoms with Crippen LogP contribution in [0.15, 0.2) is 24.3 Å². The van der Waals surface area contributed by atoms with Crippen LogP contribution in [0.4, 0.5) is 0 Å². The van der Waals surface area contributed by atoms with Crippen LogP contribution in [0.25, 0.3) is 0 Å². The lowest BCUT2D eigenvalue weighted by Gasteiger charge is -2.03. The van der Waals surface area contributed by atoms with Gasteiger partial charge < -0.3 is 0 Å². The zero-order chi connectivity index (χ0) is 5.98. The Bertz CT molecular complexity index is 98.5. The zero-order valence-electron chi connectivity index (χ0n) is 4.22. The van der Waals surface area contributed by atoms with E-state index in [0.29, 0.717) is 0 Å². The standard InChI is InChI=1S/C6H6Cl2/c7-5-1-2-6(8)4-3-5/h1-6H. The molecule has 0 heterocycles. The minimum Gasteiger partial charge on any atom is -0.114 e. The molecule has 0 atom stereocenters. The van der Waals surface area contributed by atoms with Crippen LogP contribution in [-0.2, 0) is 0 Å². The molecule has 0 amide bonds. The number of allylic oxidation sites excluding steroid dienone is 4. The van der Waals surface area contributed by atoms with Crippen molar-refractivity contribution in [1.29, 1.82) is 0 Å². The molecule has 1 aliphatic carbocycles. The zero-order valence-corrected chi connectivity index (χ0v) is 5.73. The van der Waals surface area contributed by atoms with Gasteiger partial charge in [0.2, 0.25) is 0 Å². The fraction of sp³-hybridized carbons (Fsp3) is 0.333. The Morgan fingerprint density at radius 2 is 1.00 bits per heavy atom. The number of hydrogen-bond donors (Lipinski definition) is 0. The fourth-order valence-electron chi connectivity index (χ4n) is 0.553. The molecule has 0 unspecified atom stereocenters. The Labute approximate surface area is 58.8 Å². The summed E-state index contributed by atoms with van der Waals surface area (Å²) in [7, 11) is 0. The average molecular weight is 149 g/mol. The van der Waals surface area contributed by atoms with Gasteiger partial charge in [-0.15, -0.1) is 23.2 Å². The third-order valence-corrected chi connectivity index (χ3v) is 1.54. The lowest BCUT2D eigenvalue weighted by Crippen LogP contribution is -1.98. The summed E-state index contributed by atoms with van der Waals surface area (Å²) in [5, 5.41) is 0.0926. The van der Waals surface area contributed by atoms with E-state index in [-0.39, 0.29) is 10.8 Å². The first-order valence-corrected chi connectivity index (χ1v) is 3.31. The second-order valence-electron chi connectivity index (χ2n) is 1.66. The smallest absolute Gasteiger partial charge is 0.0698 e. The van der Waals surface area contributed by atoms with Crippen LogP contribution >= 0.6 is 23.2 Å². The molecule has 44 valence electrons. The second kappa shape index (κ2) is 2.56. The van der Waals surface area contributed by atoms with Crippen LogP contribution < -0.4 is 0 Å². The minimum atomic E-state index is 0.0463. The first-order valence-electron chi connectivity index (χ1n) is 2.44. The first-order chi connectivity index (χ1) is 3.79. The molecule has 0 spiro atoms. The normalized spacial score (nSPS) is 35.8.